The van der Waals surface area contributed by atoms with E-state index in [1.54, 1.807) is 0 Å². The van der Waals surface area contributed by atoms with Gasteiger partial charge >= 0.3 is 0 Å². The summed E-state index contributed by atoms with van der Waals surface area (Å²) in [6.07, 6.45) is 5.03. The van der Waals surface area contributed by atoms with E-state index in [1.165, 1.54) is 25.7 Å². The number of piperidine rings is 1. The summed E-state index contributed by atoms with van der Waals surface area (Å²) in [4.78, 5) is 7.11. The molecule has 5 heteroatoms. The zero-order valence-corrected chi connectivity index (χ0v) is 12.1. The Labute approximate surface area is 114 Å². The Balaban J connectivity index is 1.64. The standard InChI is InChI=1S/C14H24N4O/c1-9(2)15-8-13-16-14(17-19-13)10-6-11-4-5-12(7-10)18(11)3/h9-12,15H,4-8H2,1-3H3. The minimum Gasteiger partial charge on any atom is -0.338 e. The van der Waals surface area contributed by atoms with Gasteiger partial charge in [0.05, 0.1) is 6.54 Å². The second-order valence-corrected chi connectivity index (χ2v) is 6.30. The van der Waals surface area contributed by atoms with Gasteiger partial charge in [-0.25, -0.2) is 0 Å². The van der Waals surface area contributed by atoms with E-state index in [0.717, 1.165) is 23.8 Å². The summed E-state index contributed by atoms with van der Waals surface area (Å²) in [5.41, 5.74) is 0. The second-order valence-electron chi connectivity index (χ2n) is 6.30. The van der Waals surface area contributed by atoms with Crippen LogP contribution >= 0.6 is 0 Å². The summed E-state index contributed by atoms with van der Waals surface area (Å²) in [6, 6.07) is 1.88. The van der Waals surface area contributed by atoms with Crippen molar-refractivity contribution in [1.29, 1.82) is 0 Å². The van der Waals surface area contributed by atoms with Crippen molar-refractivity contribution >= 4 is 0 Å². The fraction of sp³-hybridized carbons (Fsp3) is 0.857. The van der Waals surface area contributed by atoms with Crippen LogP contribution < -0.4 is 5.32 Å². The molecule has 1 aromatic rings. The van der Waals surface area contributed by atoms with E-state index in [4.69, 9.17) is 4.52 Å². The summed E-state index contributed by atoms with van der Waals surface area (Å²) >= 11 is 0. The topological polar surface area (TPSA) is 54.2 Å². The molecule has 0 aliphatic carbocycles. The fourth-order valence-corrected chi connectivity index (χ4v) is 3.42. The zero-order chi connectivity index (χ0) is 13.4. The molecule has 3 heterocycles. The molecule has 19 heavy (non-hydrogen) atoms. The van der Waals surface area contributed by atoms with E-state index in [0.29, 0.717) is 18.5 Å². The molecule has 2 unspecified atom stereocenters. The van der Waals surface area contributed by atoms with Crippen molar-refractivity contribution in [3.05, 3.63) is 11.7 Å². The van der Waals surface area contributed by atoms with Crippen LogP contribution in [0.25, 0.3) is 0 Å². The molecule has 0 radical (unpaired) electrons. The molecule has 2 atom stereocenters. The maximum absolute atomic E-state index is 5.35. The predicted molar refractivity (Wildman–Crippen MR) is 72.8 cm³/mol. The Bertz CT molecular complexity index is 417. The van der Waals surface area contributed by atoms with Gasteiger partial charge in [-0.15, -0.1) is 0 Å². The van der Waals surface area contributed by atoms with Crippen molar-refractivity contribution in [2.24, 2.45) is 0 Å². The van der Waals surface area contributed by atoms with Gasteiger partial charge in [-0.05, 0) is 32.7 Å². The van der Waals surface area contributed by atoms with Gasteiger partial charge < -0.3 is 14.7 Å². The van der Waals surface area contributed by atoms with Gasteiger partial charge in [0.15, 0.2) is 5.82 Å². The van der Waals surface area contributed by atoms with Gasteiger partial charge in [-0.2, -0.15) is 4.98 Å². The molecule has 0 spiro atoms. The highest BCUT2D eigenvalue weighted by atomic mass is 16.5. The third-order valence-electron chi connectivity index (χ3n) is 4.61. The first-order valence-electron chi connectivity index (χ1n) is 7.41. The minimum atomic E-state index is 0.439. The maximum atomic E-state index is 5.35. The van der Waals surface area contributed by atoms with Crippen molar-refractivity contribution in [2.45, 2.75) is 70.1 Å². The highest BCUT2D eigenvalue weighted by Crippen LogP contribution is 2.41. The molecule has 2 bridgehead atoms. The van der Waals surface area contributed by atoms with E-state index >= 15 is 0 Å². The lowest BCUT2D eigenvalue weighted by Crippen LogP contribution is -2.39. The molecule has 3 rings (SSSR count). The Morgan fingerprint density at radius 3 is 2.63 bits per heavy atom. The third-order valence-corrected chi connectivity index (χ3v) is 4.61. The van der Waals surface area contributed by atoms with Crippen LogP contribution in [0.5, 0.6) is 0 Å². The van der Waals surface area contributed by atoms with Crippen molar-refractivity contribution in [3.8, 4) is 0 Å². The Morgan fingerprint density at radius 1 is 1.32 bits per heavy atom. The smallest absolute Gasteiger partial charge is 0.240 e. The molecule has 1 aromatic heterocycles. The average Bonchev–Trinajstić information content (AvgIpc) is 2.90. The van der Waals surface area contributed by atoms with E-state index in [2.05, 4.69) is 41.3 Å². The molecular formula is C14H24N4O. The zero-order valence-electron chi connectivity index (χ0n) is 12.1. The first-order valence-corrected chi connectivity index (χ1v) is 7.41. The molecule has 0 aromatic carbocycles. The van der Waals surface area contributed by atoms with Crippen LogP contribution in [0.3, 0.4) is 0 Å². The highest BCUT2D eigenvalue weighted by Gasteiger charge is 2.40. The normalized spacial score (nSPS) is 31.3. The van der Waals surface area contributed by atoms with Gasteiger partial charge in [-0.1, -0.05) is 19.0 Å². The number of fused-ring (bicyclic) bond motifs is 2. The number of aromatic nitrogens is 2. The van der Waals surface area contributed by atoms with E-state index in [1.807, 2.05) is 0 Å². The van der Waals surface area contributed by atoms with Crippen molar-refractivity contribution in [1.82, 2.24) is 20.4 Å². The number of nitrogens with one attached hydrogen (secondary N) is 1. The summed E-state index contributed by atoms with van der Waals surface area (Å²) in [5, 5.41) is 7.51. The fourth-order valence-electron chi connectivity index (χ4n) is 3.42. The molecular weight excluding hydrogens is 240 g/mol. The molecule has 2 saturated heterocycles. The van der Waals surface area contributed by atoms with Crippen molar-refractivity contribution in [2.75, 3.05) is 7.05 Å². The second kappa shape index (κ2) is 5.21. The monoisotopic (exact) mass is 264 g/mol. The van der Waals surface area contributed by atoms with Gasteiger partial charge in [0.25, 0.3) is 0 Å². The quantitative estimate of drug-likeness (QED) is 0.900. The molecule has 2 aliphatic heterocycles. The summed E-state index contributed by atoms with van der Waals surface area (Å²) < 4.78 is 5.35. The van der Waals surface area contributed by atoms with Crippen LogP contribution in [-0.2, 0) is 6.54 Å². The predicted octanol–water partition coefficient (Wildman–Crippen LogP) is 1.91. The first kappa shape index (κ1) is 13.1. The van der Waals surface area contributed by atoms with Crippen LogP contribution in [0.4, 0.5) is 0 Å². The van der Waals surface area contributed by atoms with E-state index < -0.39 is 0 Å². The number of rotatable bonds is 4. The van der Waals surface area contributed by atoms with Crippen molar-refractivity contribution < 1.29 is 4.52 Å². The van der Waals surface area contributed by atoms with Crippen LogP contribution in [0.2, 0.25) is 0 Å². The van der Waals surface area contributed by atoms with Gasteiger partial charge in [0.1, 0.15) is 0 Å². The molecule has 1 N–H and O–H groups in total. The summed E-state index contributed by atoms with van der Waals surface area (Å²) in [6.45, 7) is 4.90. The SMILES string of the molecule is CC(C)NCc1nc(C2CC3CCC(C2)N3C)no1. The molecule has 5 nitrogen and oxygen atoms in total. The number of hydrogen-bond acceptors (Lipinski definition) is 5. The molecule has 106 valence electrons. The van der Waals surface area contributed by atoms with E-state index in [9.17, 15) is 0 Å². The maximum Gasteiger partial charge on any atom is 0.240 e. The first-order chi connectivity index (χ1) is 9.13. The number of nitrogens with zero attached hydrogens (tertiary/aromatic N) is 3. The molecule has 0 amide bonds. The van der Waals surface area contributed by atoms with Crippen LogP contribution in [0.1, 0.15) is 57.2 Å². The Hall–Kier alpha value is -0.940. The Kier molecular flexibility index (Phi) is 3.58. The lowest BCUT2D eigenvalue weighted by atomic mass is 9.90. The van der Waals surface area contributed by atoms with Crippen LogP contribution in [-0.4, -0.2) is 40.2 Å². The summed E-state index contributed by atoms with van der Waals surface area (Å²) in [7, 11) is 2.26. The van der Waals surface area contributed by atoms with Crippen LogP contribution in [0, 0.1) is 0 Å². The summed E-state index contributed by atoms with van der Waals surface area (Å²) in [5.74, 6) is 2.13. The number of hydrogen-bond donors (Lipinski definition) is 1. The molecule has 2 aliphatic rings. The average molecular weight is 264 g/mol. The lowest BCUT2D eigenvalue weighted by molar-refractivity contribution is 0.157. The third kappa shape index (κ3) is 2.67. The lowest BCUT2D eigenvalue weighted by Gasteiger charge is -2.34. The van der Waals surface area contributed by atoms with Gasteiger partial charge in [-0.3, -0.25) is 0 Å². The minimum absolute atomic E-state index is 0.439. The van der Waals surface area contributed by atoms with Gasteiger partial charge in [0.2, 0.25) is 5.89 Å². The van der Waals surface area contributed by atoms with Crippen LogP contribution in [0.15, 0.2) is 4.52 Å². The van der Waals surface area contributed by atoms with E-state index in [-0.39, 0.29) is 0 Å². The molecule has 0 saturated carbocycles. The van der Waals surface area contributed by atoms with Crippen molar-refractivity contribution in [3.63, 3.8) is 0 Å². The van der Waals surface area contributed by atoms with Gasteiger partial charge in [0, 0.05) is 24.0 Å². The Morgan fingerprint density at radius 2 is 2.00 bits per heavy atom. The molecule has 2 fully saturated rings. The largest absolute Gasteiger partial charge is 0.338 e. The highest BCUT2D eigenvalue weighted by molar-refractivity contribution is 5.05.